The SMILES string of the molecule is COCCc1cc(-c2noc(C3=CC=C(c4ccccc4)C(C)(COC)C3)n2)ccc1C(N)=O. The van der Waals surface area contributed by atoms with E-state index in [9.17, 15) is 4.79 Å². The summed E-state index contributed by atoms with van der Waals surface area (Å²) in [6.45, 7) is 3.22. The Morgan fingerprint density at radius 1 is 1.09 bits per heavy atom. The molecule has 0 radical (unpaired) electrons. The molecule has 1 aromatic heterocycles. The Hall–Kier alpha value is -3.55. The molecule has 0 bridgehead atoms. The zero-order valence-corrected chi connectivity index (χ0v) is 19.7. The van der Waals surface area contributed by atoms with Crippen molar-refractivity contribution in [1.82, 2.24) is 10.1 Å². The predicted octanol–water partition coefficient (Wildman–Crippen LogP) is 4.55. The number of carbonyl (C=O) groups is 1. The summed E-state index contributed by atoms with van der Waals surface area (Å²) < 4.78 is 16.4. The summed E-state index contributed by atoms with van der Waals surface area (Å²) in [6, 6.07) is 15.7. The topological polar surface area (TPSA) is 100 Å². The van der Waals surface area contributed by atoms with Crippen molar-refractivity contribution in [2.45, 2.75) is 19.8 Å². The van der Waals surface area contributed by atoms with E-state index in [1.807, 2.05) is 30.3 Å². The lowest BCUT2D eigenvalue weighted by Gasteiger charge is -2.34. The largest absolute Gasteiger partial charge is 0.384 e. The van der Waals surface area contributed by atoms with Gasteiger partial charge in [0.25, 0.3) is 5.89 Å². The van der Waals surface area contributed by atoms with Gasteiger partial charge in [-0.1, -0.05) is 60.6 Å². The highest BCUT2D eigenvalue weighted by molar-refractivity contribution is 5.95. The van der Waals surface area contributed by atoms with E-state index in [1.54, 1.807) is 26.4 Å². The first kappa shape index (κ1) is 23.6. The van der Waals surface area contributed by atoms with Gasteiger partial charge < -0.3 is 19.7 Å². The number of rotatable bonds is 9. The molecule has 1 unspecified atom stereocenters. The number of hydrogen-bond donors (Lipinski definition) is 1. The summed E-state index contributed by atoms with van der Waals surface area (Å²) in [5.41, 5.74) is 10.6. The Kier molecular flexibility index (Phi) is 7.05. The third-order valence-electron chi connectivity index (χ3n) is 6.13. The van der Waals surface area contributed by atoms with E-state index in [1.165, 1.54) is 11.1 Å². The van der Waals surface area contributed by atoms with Crippen molar-refractivity contribution >= 4 is 17.1 Å². The smallest absolute Gasteiger partial charge is 0.254 e. The number of primary amides is 1. The highest BCUT2D eigenvalue weighted by atomic mass is 16.5. The fraction of sp³-hybridized carbons (Fsp3) is 0.296. The van der Waals surface area contributed by atoms with Gasteiger partial charge in [0, 0.05) is 36.3 Å². The average molecular weight is 460 g/mol. The van der Waals surface area contributed by atoms with E-state index in [0.717, 1.165) is 16.7 Å². The Labute approximate surface area is 199 Å². The van der Waals surface area contributed by atoms with Crippen LogP contribution in [0, 0.1) is 5.41 Å². The Balaban J connectivity index is 1.66. The first-order valence-corrected chi connectivity index (χ1v) is 11.2. The molecule has 2 aromatic carbocycles. The fourth-order valence-corrected chi connectivity index (χ4v) is 4.48. The van der Waals surface area contributed by atoms with E-state index in [-0.39, 0.29) is 5.41 Å². The van der Waals surface area contributed by atoms with Gasteiger partial charge in [0.2, 0.25) is 11.7 Å². The van der Waals surface area contributed by atoms with Gasteiger partial charge in [-0.15, -0.1) is 0 Å². The third-order valence-corrected chi connectivity index (χ3v) is 6.13. The van der Waals surface area contributed by atoms with E-state index in [0.29, 0.717) is 43.3 Å². The van der Waals surface area contributed by atoms with Gasteiger partial charge in [-0.25, -0.2) is 0 Å². The zero-order valence-electron chi connectivity index (χ0n) is 19.7. The van der Waals surface area contributed by atoms with Crippen LogP contribution >= 0.6 is 0 Å². The maximum absolute atomic E-state index is 11.8. The second-order valence-corrected chi connectivity index (χ2v) is 8.71. The summed E-state index contributed by atoms with van der Waals surface area (Å²) in [5.74, 6) is 0.451. The molecule has 2 N–H and O–H groups in total. The second-order valence-electron chi connectivity index (χ2n) is 8.71. The highest BCUT2D eigenvalue weighted by Crippen LogP contribution is 2.45. The van der Waals surface area contributed by atoms with Crippen molar-refractivity contribution in [1.29, 1.82) is 0 Å². The lowest BCUT2D eigenvalue weighted by molar-refractivity contribution is 0.0999. The second kappa shape index (κ2) is 10.2. The highest BCUT2D eigenvalue weighted by Gasteiger charge is 2.35. The van der Waals surface area contributed by atoms with Crippen LogP contribution in [0.3, 0.4) is 0 Å². The Bertz CT molecular complexity index is 1230. The predicted molar refractivity (Wildman–Crippen MR) is 131 cm³/mol. The molecule has 0 saturated carbocycles. The molecular formula is C27H29N3O4. The van der Waals surface area contributed by atoms with Crippen molar-refractivity contribution < 1.29 is 18.8 Å². The molecule has 34 heavy (non-hydrogen) atoms. The molecule has 7 heteroatoms. The normalized spacial score (nSPS) is 17.9. The van der Waals surface area contributed by atoms with Gasteiger partial charge in [-0.05, 0) is 41.7 Å². The van der Waals surface area contributed by atoms with Gasteiger partial charge in [0.1, 0.15) is 0 Å². The zero-order chi connectivity index (χ0) is 24.1. The number of allylic oxidation sites excluding steroid dienone is 3. The summed E-state index contributed by atoms with van der Waals surface area (Å²) in [4.78, 5) is 16.5. The number of amides is 1. The van der Waals surface area contributed by atoms with Crippen LogP contribution in [0.4, 0.5) is 0 Å². The number of methoxy groups -OCH3 is 2. The van der Waals surface area contributed by atoms with Gasteiger partial charge >= 0.3 is 0 Å². The van der Waals surface area contributed by atoms with Crippen molar-refractivity contribution in [3.63, 3.8) is 0 Å². The van der Waals surface area contributed by atoms with Crippen LogP contribution in [0.2, 0.25) is 0 Å². The van der Waals surface area contributed by atoms with Crippen molar-refractivity contribution in [3.05, 3.63) is 83.3 Å². The number of hydrogen-bond acceptors (Lipinski definition) is 6. The molecule has 1 amide bonds. The molecule has 0 aliphatic heterocycles. The minimum atomic E-state index is -0.475. The third kappa shape index (κ3) is 4.85. The van der Waals surface area contributed by atoms with Crippen LogP contribution < -0.4 is 5.73 Å². The maximum Gasteiger partial charge on any atom is 0.254 e. The average Bonchev–Trinajstić information content (AvgIpc) is 3.33. The molecule has 1 atom stereocenters. The Morgan fingerprint density at radius 2 is 1.88 bits per heavy atom. The number of nitrogens with zero attached hydrogens (tertiary/aromatic N) is 2. The lowest BCUT2D eigenvalue weighted by atomic mass is 9.71. The number of benzene rings is 2. The number of aromatic nitrogens is 2. The van der Waals surface area contributed by atoms with Crippen LogP contribution in [0.15, 0.2) is 65.2 Å². The van der Waals surface area contributed by atoms with E-state index in [2.05, 4.69) is 35.3 Å². The van der Waals surface area contributed by atoms with Gasteiger partial charge in [0.15, 0.2) is 0 Å². The molecule has 0 saturated heterocycles. The van der Waals surface area contributed by atoms with Gasteiger partial charge in [-0.3, -0.25) is 4.79 Å². The number of ether oxygens (including phenoxy) is 2. The van der Waals surface area contributed by atoms with E-state index < -0.39 is 5.91 Å². The first-order valence-electron chi connectivity index (χ1n) is 11.2. The molecular weight excluding hydrogens is 430 g/mol. The molecule has 4 rings (SSSR count). The van der Waals surface area contributed by atoms with E-state index in [4.69, 9.17) is 19.7 Å². The van der Waals surface area contributed by atoms with E-state index >= 15 is 0 Å². The molecule has 0 spiro atoms. The van der Waals surface area contributed by atoms with Crippen LogP contribution in [0.25, 0.3) is 22.5 Å². The van der Waals surface area contributed by atoms with Crippen LogP contribution in [-0.2, 0) is 15.9 Å². The molecule has 176 valence electrons. The first-order chi connectivity index (χ1) is 16.4. The van der Waals surface area contributed by atoms with Crippen LogP contribution in [0.5, 0.6) is 0 Å². The Morgan fingerprint density at radius 3 is 2.59 bits per heavy atom. The van der Waals surface area contributed by atoms with Crippen molar-refractivity contribution in [3.8, 4) is 11.4 Å². The summed E-state index contributed by atoms with van der Waals surface area (Å²) in [6.07, 6.45) is 5.41. The number of nitrogens with two attached hydrogens (primary N) is 1. The minimum Gasteiger partial charge on any atom is -0.384 e. The van der Waals surface area contributed by atoms with Crippen LogP contribution in [0.1, 0.15) is 40.7 Å². The summed E-state index contributed by atoms with van der Waals surface area (Å²) >= 11 is 0. The summed E-state index contributed by atoms with van der Waals surface area (Å²) in [5, 5.41) is 4.20. The van der Waals surface area contributed by atoms with Crippen molar-refractivity contribution in [2.75, 3.05) is 27.4 Å². The van der Waals surface area contributed by atoms with Crippen molar-refractivity contribution in [2.24, 2.45) is 11.1 Å². The van der Waals surface area contributed by atoms with Crippen LogP contribution in [-0.4, -0.2) is 43.5 Å². The quantitative estimate of drug-likeness (QED) is 0.504. The molecule has 1 aliphatic carbocycles. The molecule has 0 fully saturated rings. The molecule has 7 nitrogen and oxygen atoms in total. The van der Waals surface area contributed by atoms with Gasteiger partial charge in [0.05, 0.1) is 13.2 Å². The number of carbonyl (C=O) groups excluding carboxylic acids is 1. The molecule has 3 aromatic rings. The standard InChI is InChI=1S/C27H29N3O4/c1-27(17-33-3)16-21(10-12-23(27)18-7-5-4-6-8-18)26-29-25(30-34-26)20-9-11-22(24(28)31)19(15-20)13-14-32-2/h4-12,15H,13-14,16-17H2,1-3H3,(H2,28,31). The molecule has 1 aliphatic rings. The fourth-order valence-electron chi connectivity index (χ4n) is 4.48. The summed E-state index contributed by atoms with van der Waals surface area (Å²) in [7, 11) is 3.33. The lowest BCUT2D eigenvalue weighted by Crippen LogP contribution is -2.27. The van der Waals surface area contributed by atoms with Gasteiger partial charge in [-0.2, -0.15) is 4.98 Å². The molecule has 1 heterocycles. The maximum atomic E-state index is 11.8. The monoisotopic (exact) mass is 459 g/mol. The minimum absolute atomic E-state index is 0.245.